The monoisotopic (exact) mass is 456 g/mol. The third-order valence-corrected chi connectivity index (χ3v) is 49.1. The Kier molecular flexibility index (Phi) is 12.0. The van der Waals surface area contributed by atoms with Crippen LogP contribution in [0.4, 0.5) is 0 Å². The average molecular weight is 457 g/mol. The third kappa shape index (κ3) is 8.94. The number of hydrogen-bond acceptors (Lipinski definition) is 1. The van der Waals surface area contributed by atoms with Crippen molar-refractivity contribution < 1.29 is 4.43 Å². The Morgan fingerprint density at radius 3 is 1.38 bits per heavy atom. The van der Waals surface area contributed by atoms with Gasteiger partial charge in [-0.3, -0.25) is 0 Å². The molecule has 1 atom stereocenters. The van der Waals surface area contributed by atoms with Gasteiger partial charge in [0.05, 0.1) is 12.7 Å². The zero-order valence-corrected chi connectivity index (χ0v) is 24.7. The second-order valence-corrected chi connectivity index (χ2v) is 39.4. The van der Waals surface area contributed by atoms with E-state index in [2.05, 4.69) is 53.1 Å². The van der Waals surface area contributed by atoms with Crippen molar-refractivity contribution in [1.82, 2.24) is 0 Å². The van der Waals surface area contributed by atoms with Crippen LogP contribution in [0.5, 0.6) is 0 Å². The molecule has 1 heterocycles. The fourth-order valence-electron chi connectivity index (χ4n) is 5.58. The van der Waals surface area contributed by atoms with E-state index in [0.29, 0.717) is 0 Å². The molecule has 4 heteroatoms. The lowest BCUT2D eigenvalue weighted by atomic mass is 9.99. The molecule has 1 rings (SSSR count). The predicted octanol–water partition coefficient (Wildman–Crippen LogP) is 9.43. The third-order valence-electron chi connectivity index (χ3n) is 8.57. The van der Waals surface area contributed by atoms with Crippen molar-refractivity contribution in [3.63, 3.8) is 0 Å². The van der Waals surface area contributed by atoms with Gasteiger partial charge in [0.25, 0.3) is 0 Å². The van der Waals surface area contributed by atoms with Crippen molar-refractivity contribution in [2.24, 2.45) is 0 Å². The summed E-state index contributed by atoms with van der Waals surface area (Å²) in [4.78, 5) is 0. The number of rotatable bonds is 15. The van der Waals surface area contributed by atoms with Gasteiger partial charge in [-0.1, -0.05) is 123 Å². The summed E-state index contributed by atoms with van der Waals surface area (Å²) < 4.78 is 6.96. The minimum absolute atomic E-state index is 0.199. The maximum atomic E-state index is 6.96. The molecule has 0 amide bonds. The Morgan fingerprint density at radius 1 is 0.621 bits per heavy atom. The maximum absolute atomic E-state index is 6.96. The fourth-order valence-corrected chi connectivity index (χ4v) is 36.3. The molecule has 0 aromatic carbocycles. The Hall–Kier alpha value is 0.611. The highest BCUT2D eigenvalue weighted by molar-refractivity contribution is 7.67. The number of hydrogen-bond donors (Lipinski definition) is 0. The van der Waals surface area contributed by atoms with Gasteiger partial charge in [0, 0.05) is 7.59 Å². The van der Waals surface area contributed by atoms with Crippen LogP contribution < -0.4 is 0 Å². The van der Waals surface area contributed by atoms with Crippen LogP contribution >= 0.6 is 0 Å². The van der Waals surface area contributed by atoms with Crippen LogP contribution in [0.15, 0.2) is 0 Å². The lowest BCUT2D eigenvalue weighted by Gasteiger charge is -2.58. The standard InChI is InChI=1S/C25H56OSi3/c1-9-10-11-12-13-14-15-16-17-18-19-20-21-22-23-25(2)24-27(3,4)29(7,8)28(5,6)26-25/h9-24H2,1-8H3. The normalized spacial score (nSPS) is 25.2. The second kappa shape index (κ2) is 12.6. The largest absolute Gasteiger partial charge is 0.415 e. The topological polar surface area (TPSA) is 9.23 Å². The molecule has 1 aliphatic heterocycles. The van der Waals surface area contributed by atoms with Gasteiger partial charge in [0.15, 0.2) is 7.83 Å². The summed E-state index contributed by atoms with van der Waals surface area (Å²) in [5, 5.41) is 0. The molecular weight excluding hydrogens is 401 g/mol. The highest BCUT2D eigenvalue weighted by Gasteiger charge is 2.61. The van der Waals surface area contributed by atoms with Gasteiger partial charge in [-0.05, 0) is 32.5 Å². The van der Waals surface area contributed by atoms with Crippen molar-refractivity contribution in [2.45, 2.75) is 161 Å². The van der Waals surface area contributed by atoms with E-state index in [-0.39, 0.29) is 5.60 Å². The van der Waals surface area contributed by atoms with E-state index in [1.807, 2.05) is 0 Å². The van der Waals surface area contributed by atoms with Crippen molar-refractivity contribution in [1.29, 1.82) is 0 Å². The summed E-state index contributed by atoms with van der Waals surface area (Å²) in [5.74, 6) is 0. The summed E-state index contributed by atoms with van der Waals surface area (Å²) in [5.41, 5.74) is 0.199. The van der Waals surface area contributed by atoms with E-state index in [9.17, 15) is 0 Å². The van der Waals surface area contributed by atoms with Crippen LogP contribution in [0.2, 0.25) is 45.3 Å². The van der Waals surface area contributed by atoms with Crippen molar-refractivity contribution in [3.05, 3.63) is 0 Å². The average Bonchev–Trinajstić information content (AvgIpc) is 2.59. The lowest BCUT2D eigenvalue weighted by molar-refractivity contribution is 0.0877. The molecule has 0 aromatic rings. The molecule has 1 fully saturated rings. The molecule has 1 nitrogen and oxygen atoms in total. The zero-order valence-electron chi connectivity index (χ0n) is 21.7. The summed E-state index contributed by atoms with van der Waals surface area (Å²) in [6, 6.07) is 1.41. The molecule has 0 N–H and O–H groups in total. The summed E-state index contributed by atoms with van der Waals surface area (Å²) in [7, 11) is -3.78. The van der Waals surface area contributed by atoms with Gasteiger partial charge in [0.2, 0.25) is 0 Å². The van der Waals surface area contributed by atoms with Crippen LogP contribution in [0.3, 0.4) is 0 Å². The molecule has 174 valence electrons. The summed E-state index contributed by atoms with van der Waals surface area (Å²) in [6.07, 6.45) is 21.5. The molecule has 0 bridgehead atoms. The molecule has 29 heavy (non-hydrogen) atoms. The lowest BCUT2D eigenvalue weighted by Crippen LogP contribution is -2.78. The SMILES string of the molecule is CCCCCCCCCCCCCCCCC1(C)C[Si](C)(C)[Si](C)(C)[Si](C)(C)O1. The molecule has 0 aromatic heterocycles. The minimum Gasteiger partial charge on any atom is -0.415 e. The Labute approximate surface area is 187 Å². The number of unbranched alkanes of at least 4 members (excludes halogenated alkanes) is 13. The smallest absolute Gasteiger partial charge is 0.172 e. The predicted molar refractivity (Wildman–Crippen MR) is 142 cm³/mol. The van der Waals surface area contributed by atoms with Crippen molar-refractivity contribution >= 4 is 22.5 Å². The summed E-state index contributed by atoms with van der Waals surface area (Å²) >= 11 is 0. The molecule has 1 unspecified atom stereocenters. The Morgan fingerprint density at radius 2 is 1.00 bits per heavy atom. The highest BCUT2D eigenvalue weighted by atomic mass is 29.6. The minimum atomic E-state index is -1.50. The van der Waals surface area contributed by atoms with E-state index in [1.165, 1.54) is 102 Å². The fraction of sp³-hybridized carbons (Fsp3) is 1.00. The van der Waals surface area contributed by atoms with E-state index in [0.717, 1.165) is 0 Å². The summed E-state index contributed by atoms with van der Waals surface area (Å²) in [6.45, 7) is 20.5. The van der Waals surface area contributed by atoms with Gasteiger partial charge in [-0.2, -0.15) is 0 Å². The zero-order chi connectivity index (χ0) is 22.0. The first-order valence-corrected chi connectivity index (χ1v) is 24.3. The van der Waals surface area contributed by atoms with Crippen molar-refractivity contribution in [3.8, 4) is 0 Å². The quantitative estimate of drug-likeness (QED) is 0.176. The van der Waals surface area contributed by atoms with Crippen LogP contribution in [-0.4, -0.2) is 28.1 Å². The van der Waals surface area contributed by atoms with Crippen molar-refractivity contribution in [2.75, 3.05) is 0 Å². The molecule has 0 radical (unpaired) electrons. The first-order valence-electron chi connectivity index (χ1n) is 13.2. The van der Waals surface area contributed by atoms with Gasteiger partial charge in [-0.15, -0.1) is 0 Å². The first kappa shape index (κ1) is 27.6. The van der Waals surface area contributed by atoms with Crippen LogP contribution in [-0.2, 0) is 4.43 Å². The van der Waals surface area contributed by atoms with Gasteiger partial charge >= 0.3 is 0 Å². The van der Waals surface area contributed by atoms with Crippen LogP contribution in [0.25, 0.3) is 0 Å². The molecule has 1 aliphatic rings. The molecule has 0 spiro atoms. The van der Waals surface area contributed by atoms with E-state index in [1.54, 1.807) is 0 Å². The molecule has 0 saturated carbocycles. The van der Waals surface area contributed by atoms with Gasteiger partial charge in [-0.25, -0.2) is 0 Å². The van der Waals surface area contributed by atoms with E-state index in [4.69, 9.17) is 4.43 Å². The second-order valence-electron chi connectivity index (χ2n) is 12.1. The van der Waals surface area contributed by atoms with Gasteiger partial charge < -0.3 is 4.43 Å². The van der Waals surface area contributed by atoms with E-state index < -0.39 is 22.5 Å². The molecule has 0 aliphatic carbocycles. The van der Waals surface area contributed by atoms with Crippen LogP contribution in [0.1, 0.15) is 110 Å². The molecular formula is C25H56OSi3. The maximum Gasteiger partial charge on any atom is 0.172 e. The highest BCUT2D eigenvalue weighted by Crippen LogP contribution is 2.45. The van der Waals surface area contributed by atoms with E-state index >= 15 is 0 Å². The van der Waals surface area contributed by atoms with Gasteiger partial charge in [0.1, 0.15) is 0 Å². The Bertz CT molecular complexity index is 425. The molecule has 1 saturated heterocycles. The van der Waals surface area contributed by atoms with Crippen LogP contribution in [0, 0.1) is 0 Å². The Balaban J connectivity index is 2.09. The first-order chi connectivity index (χ1) is 13.5.